The molecule has 0 radical (unpaired) electrons. The molecule has 0 saturated carbocycles. The smallest absolute Gasteiger partial charge is 0.416 e. The minimum absolute atomic E-state index is 0.255. The van der Waals surface area contributed by atoms with Crippen molar-refractivity contribution in [2.75, 3.05) is 6.54 Å². The van der Waals surface area contributed by atoms with Crippen LogP contribution in [0.5, 0.6) is 5.75 Å². The van der Waals surface area contributed by atoms with Gasteiger partial charge in [0.2, 0.25) is 0 Å². The number of phenolic OH excluding ortho intramolecular Hbond substituents is 1. The van der Waals surface area contributed by atoms with E-state index in [2.05, 4.69) is 4.90 Å². The van der Waals surface area contributed by atoms with Crippen molar-refractivity contribution >= 4 is 0 Å². The van der Waals surface area contributed by atoms with Gasteiger partial charge in [-0.3, -0.25) is 4.90 Å². The molecule has 0 atom stereocenters. The fourth-order valence-corrected chi connectivity index (χ4v) is 3.11. The van der Waals surface area contributed by atoms with Crippen LogP contribution in [0, 0.1) is 6.92 Å². The number of aryl methyl sites for hydroxylation is 1. The third-order valence-corrected chi connectivity index (χ3v) is 4.15. The van der Waals surface area contributed by atoms with Crippen LogP contribution in [0.1, 0.15) is 27.8 Å². The van der Waals surface area contributed by atoms with Gasteiger partial charge in [0, 0.05) is 19.6 Å². The number of fused-ring (bicyclic) bond motifs is 1. The third kappa shape index (κ3) is 3.67. The molecular weight excluding hydrogens is 303 g/mol. The summed E-state index contributed by atoms with van der Waals surface area (Å²) in [6.07, 6.45) is -3.52. The lowest BCUT2D eigenvalue weighted by atomic mass is 9.98. The molecule has 0 amide bonds. The highest BCUT2D eigenvalue weighted by molar-refractivity contribution is 5.37. The Morgan fingerprint density at radius 2 is 1.87 bits per heavy atom. The highest BCUT2D eigenvalue weighted by Crippen LogP contribution is 2.31. The molecule has 0 aromatic heterocycles. The summed E-state index contributed by atoms with van der Waals surface area (Å²) in [7, 11) is 0. The highest BCUT2D eigenvalue weighted by Gasteiger charge is 2.31. The summed E-state index contributed by atoms with van der Waals surface area (Å²) in [5.74, 6) is 0.255. The Morgan fingerprint density at radius 3 is 2.61 bits per heavy atom. The molecule has 0 fully saturated rings. The van der Waals surface area contributed by atoms with E-state index in [1.165, 1.54) is 12.1 Å². The second-order valence-electron chi connectivity index (χ2n) is 6.12. The van der Waals surface area contributed by atoms with E-state index < -0.39 is 11.7 Å². The standard InChI is InChI=1S/C18H18F3NO/c1-12-6-13(8-16(7-12)18(19,20)21)10-22-5-4-14-9-17(23)3-2-15(14)11-22/h2-3,6-9,23H,4-5,10-11H2,1H3. The fraction of sp³-hybridized carbons (Fsp3) is 0.333. The molecule has 0 aliphatic carbocycles. The van der Waals surface area contributed by atoms with Crippen molar-refractivity contribution in [1.29, 1.82) is 0 Å². The van der Waals surface area contributed by atoms with Gasteiger partial charge in [0.25, 0.3) is 0 Å². The van der Waals surface area contributed by atoms with Crippen LogP contribution in [0.4, 0.5) is 13.2 Å². The second kappa shape index (κ2) is 5.89. The van der Waals surface area contributed by atoms with Gasteiger partial charge in [0.15, 0.2) is 0 Å². The number of halogens is 3. The second-order valence-corrected chi connectivity index (χ2v) is 6.12. The van der Waals surface area contributed by atoms with Crippen molar-refractivity contribution in [3.8, 4) is 5.75 Å². The number of hydrogen-bond donors (Lipinski definition) is 1. The monoisotopic (exact) mass is 321 g/mol. The first kappa shape index (κ1) is 15.9. The van der Waals surface area contributed by atoms with Gasteiger partial charge in [-0.1, -0.05) is 17.7 Å². The van der Waals surface area contributed by atoms with Crippen molar-refractivity contribution in [2.45, 2.75) is 32.6 Å². The maximum Gasteiger partial charge on any atom is 0.416 e. The predicted molar refractivity (Wildman–Crippen MR) is 82.1 cm³/mol. The van der Waals surface area contributed by atoms with Crippen LogP contribution in [-0.2, 0) is 25.7 Å². The molecule has 0 unspecified atom stereocenters. The molecule has 0 spiro atoms. The van der Waals surface area contributed by atoms with Crippen LogP contribution in [-0.4, -0.2) is 16.6 Å². The zero-order chi connectivity index (χ0) is 16.6. The molecule has 2 nitrogen and oxygen atoms in total. The van der Waals surface area contributed by atoms with Gasteiger partial charge in [-0.05, 0) is 54.3 Å². The minimum Gasteiger partial charge on any atom is -0.508 e. The molecule has 1 aliphatic rings. The van der Waals surface area contributed by atoms with Gasteiger partial charge in [0.1, 0.15) is 5.75 Å². The Hall–Kier alpha value is -2.01. The van der Waals surface area contributed by atoms with E-state index in [9.17, 15) is 18.3 Å². The van der Waals surface area contributed by atoms with E-state index in [4.69, 9.17) is 0 Å². The van der Waals surface area contributed by atoms with Gasteiger partial charge in [0.05, 0.1) is 5.56 Å². The first-order valence-electron chi connectivity index (χ1n) is 7.52. The number of nitrogens with zero attached hydrogens (tertiary/aromatic N) is 1. The van der Waals surface area contributed by atoms with Gasteiger partial charge in [-0.25, -0.2) is 0 Å². The molecule has 5 heteroatoms. The molecule has 3 rings (SSSR count). The molecular formula is C18H18F3NO. The molecule has 2 aromatic rings. The Kier molecular flexibility index (Phi) is 4.06. The van der Waals surface area contributed by atoms with Crippen molar-refractivity contribution in [1.82, 2.24) is 4.90 Å². The zero-order valence-corrected chi connectivity index (χ0v) is 12.8. The zero-order valence-electron chi connectivity index (χ0n) is 12.8. The number of phenols is 1. The molecule has 0 saturated heterocycles. The van der Waals surface area contributed by atoms with Gasteiger partial charge < -0.3 is 5.11 Å². The summed E-state index contributed by atoms with van der Waals surface area (Å²) in [5.41, 5.74) is 2.95. The summed E-state index contributed by atoms with van der Waals surface area (Å²) >= 11 is 0. The van der Waals surface area contributed by atoms with Gasteiger partial charge in [-0.2, -0.15) is 13.2 Å². The van der Waals surface area contributed by atoms with Gasteiger partial charge >= 0.3 is 6.18 Å². The van der Waals surface area contributed by atoms with E-state index in [1.54, 1.807) is 19.1 Å². The SMILES string of the molecule is Cc1cc(CN2CCc3cc(O)ccc3C2)cc(C(F)(F)F)c1. The average molecular weight is 321 g/mol. The number of aromatic hydroxyl groups is 1. The van der Waals surface area contributed by atoms with E-state index >= 15 is 0 Å². The Labute approximate surface area is 133 Å². The number of benzene rings is 2. The quantitative estimate of drug-likeness (QED) is 0.892. The largest absolute Gasteiger partial charge is 0.508 e. The van der Waals surface area contributed by atoms with Crippen molar-refractivity contribution in [3.63, 3.8) is 0 Å². The minimum atomic E-state index is -4.31. The first-order valence-corrected chi connectivity index (χ1v) is 7.52. The predicted octanol–water partition coefficient (Wildman–Crippen LogP) is 4.28. The van der Waals surface area contributed by atoms with Crippen LogP contribution in [0.2, 0.25) is 0 Å². The number of hydrogen-bond acceptors (Lipinski definition) is 2. The lowest BCUT2D eigenvalue weighted by Crippen LogP contribution is -2.30. The number of alkyl halides is 3. The fourth-order valence-electron chi connectivity index (χ4n) is 3.11. The summed E-state index contributed by atoms with van der Waals surface area (Å²) in [6, 6.07) is 9.52. The summed E-state index contributed by atoms with van der Waals surface area (Å²) < 4.78 is 38.8. The molecule has 23 heavy (non-hydrogen) atoms. The van der Waals surface area contributed by atoms with Crippen LogP contribution in [0.3, 0.4) is 0 Å². The maximum absolute atomic E-state index is 12.9. The number of rotatable bonds is 2. The van der Waals surface area contributed by atoms with E-state index in [0.29, 0.717) is 24.2 Å². The Bertz CT molecular complexity index is 725. The van der Waals surface area contributed by atoms with E-state index in [-0.39, 0.29) is 5.75 Å². The van der Waals surface area contributed by atoms with E-state index in [1.807, 2.05) is 12.1 Å². The topological polar surface area (TPSA) is 23.5 Å². The van der Waals surface area contributed by atoms with Crippen LogP contribution in [0.15, 0.2) is 36.4 Å². The summed E-state index contributed by atoms with van der Waals surface area (Å²) in [4.78, 5) is 2.13. The first-order chi connectivity index (χ1) is 10.8. The highest BCUT2D eigenvalue weighted by atomic mass is 19.4. The van der Waals surface area contributed by atoms with Gasteiger partial charge in [-0.15, -0.1) is 0 Å². The summed E-state index contributed by atoms with van der Waals surface area (Å²) in [6.45, 7) is 3.63. The van der Waals surface area contributed by atoms with Crippen molar-refractivity contribution in [2.24, 2.45) is 0 Å². The lowest BCUT2D eigenvalue weighted by Gasteiger charge is -2.29. The van der Waals surface area contributed by atoms with Crippen LogP contribution >= 0.6 is 0 Å². The normalized spacial score (nSPS) is 15.5. The third-order valence-electron chi connectivity index (χ3n) is 4.15. The lowest BCUT2D eigenvalue weighted by molar-refractivity contribution is -0.137. The molecule has 1 aliphatic heterocycles. The molecule has 0 bridgehead atoms. The molecule has 122 valence electrons. The Balaban J connectivity index is 1.78. The molecule has 1 heterocycles. The average Bonchev–Trinajstić information content (AvgIpc) is 2.46. The van der Waals surface area contributed by atoms with Crippen LogP contribution < -0.4 is 0 Å². The van der Waals surface area contributed by atoms with Crippen molar-refractivity contribution in [3.05, 3.63) is 64.2 Å². The molecule has 1 N–H and O–H groups in total. The molecule has 2 aromatic carbocycles. The van der Waals surface area contributed by atoms with Crippen molar-refractivity contribution < 1.29 is 18.3 Å². The van der Waals surface area contributed by atoms with Crippen LogP contribution in [0.25, 0.3) is 0 Å². The maximum atomic E-state index is 12.9. The van der Waals surface area contributed by atoms with E-state index in [0.717, 1.165) is 24.1 Å². The Morgan fingerprint density at radius 1 is 1.09 bits per heavy atom. The summed E-state index contributed by atoms with van der Waals surface area (Å²) in [5, 5.41) is 9.51.